The number of rotatable bonds is 5. The van der Waals surface area contributed by atoms with Crippen molar-refractivity contribution in [1.82, 2.24) is 25.8 Å². The van der Waals surface area contributed by atoms with Crippen molar-refractivity contribution in [2.24, 2.45) is 0 Å². The maximum Gasteiger partial charge on any atom is 0.321 e. The minimum absolute atomic E-state index is 0. The van der Waals surface area contributed by atoms with E-state index in [1.54, 1.807) is 11.9 Å². The van der Waals surface area contributed by atoms with E-state index in [1.807, 2.05) is 4.90 Å². The van der Waals surface area contributed by atoms with Gasteiger partial charge in [0.25, 0.3) is 0 Å². The number of nitrogens with one attached hydrogen (secondary N) is 3. The minimum Gasteiger partial charge on any atom is -0.341 e. The number of urea groups is 1. The Balaban J connectivity index is 0.00000400. The zero-order valence-electron chi connectivity index (χ0n) is 12.5. The van der Waals surface area contributed by atoms with Crippen LogP contribution in [0.4, 0.5) is 4.79 Å². The SMILES string of the molecule is CNC(=O)NC(=O)CCN(C)CC(=O)N1CCNCC1.Cl. The van der Waals surface area contributed by atoms with E-state index in [1.165, 1.54) is 7.05 Å². The number of hydrogen-bond donors (Lipinski definition) is 3. The molecule has 8 nitrogen and oxygen atoms in total. The predicted octanol–water partition coefficient (Wildman–Crippen LogP) is -1.38. The molecule has 0 atom stereocenters. The quantitative estimate of drug-likeness (QED) is 0.580. The van der Waals surface area contributed by atoms with Crippen LogP contribution < -0.4 is 16.0 Å². The van der Waals surface area contributed by atoms with Crippen LogP contribution in [0.25, 0.3) is 0 Å². The molecule has 21 heavy (non-hydrogen) atoms. The number of halogens is 1. The summed E-state index contributed by atoms with van der Waals surface area (Å²) < 4.78 is 0. The Morgan fingerprint density at radius 2 is 1.86 bits per heavy atom. The molecule has 0 spiro atoms. The normalized spacial score (nSPS) is 14.3. The Morgan fingerprint density at radius 3 is 2.43 bits per heavy atom. The molecule has 0 saturated carbocycles. The molecule has 0 aliphatic carbocycles. The summed E-state index contributed by atoms with van der Waals surface area (Å²) in [6, 6.07) is -0.519. The highest BCUT2D eigenvalue weighted by Crippen LogP contribution is 1.96. The van der Waals surface area contributed by atoms with Crippen LogP contribution in [0, 0.1) is 0 Å². The summed E-state index contributed by atoms with van der Waals surface area (Å²) >= 11 is 0. The fourth-order valence-corrected chi connectivity index (χ4v) is 1.87. The molecule has 1 aliphatic heterocycles. The Hall–Kier alpha value is -1.38. The van der Waals surface area contributed by atoms with Gasteiger partial charge < -0.3 is 15.5 Å². The highest BCUT2D eigenvalue weighted by atomic mass is 35.5. The van der Waals surface area contributed by atoms with Crippen molar-refractivity contribution in [3.05, 3.63) is 0 Å². The summed E-state index contributed by atoms with van der Waals surface area (Å²) in [6.07, 6.45) is 0.179. The van der Waals surface area contributed by atoms with Crippen molar-refractivity contribution in [3.63, 3.8) is 0 Å². The lowest BCUT2D eigenvalue weighted by Gasteiger charge is -2.29. The van der Waals surface area contributed by atoms with Crippen molar-refractivity contribution in [2.75, 3.05) is 53.4 Å². The van der Waals surface area contributed by atoms with Gasteiger partial charge in [-0.2, -0.15) is 0 Å². The summed E-state index contributed by atoms with van der Waals surface area (Å²) in [6.45, 7) is 3.82. The third kappa shape index (κ3) is 7.84. The number of amides is 4. The molecule has 0 aromatic carbocycles. The van der Waals surface area contributed by atoms with Crippen molar-refractivity contribution in [1.29, 1.82) is 0 Å². The van der Waals surface area contributed by atoms with Gasteiger partial charge in [0.05, 0.1) is 6.54 Å². The number of carbonyl (C=O) groups excluding carboxylic acids is 3. The van der Waals surface area contributed by atoms with Crippen LogP contribution in [0.15, 0.2) is 0 Å². The molecular weight excluding hydrogens is 298 g/mol. The second-order valence-corrected chi connectivity index (χ2v) is 4.75. The van der Waals surface area contributed by atoms with E-state index in [0.717, 1.165) is 26.2 Å². The van der Waals surface area contributed by atoms with Crippen LogP contribution in [0.3, 0.4) is 0 Å². The Kier molecular flexibility index (Phi) is 9.68. The molecule has 0 aromatic heterocycles. The minimum atomic E-state index is -0.519. The van der Waals surface area contributed by atoms with Crippen molar-refractivity contribution >= 4 is 30.3 Å². The second kappa shape index (κ2) is 10.4. The molecule has 1 heterocycles. The van der Waals surface area contributed by atoms with Crippen LogP contribution in [0.5, 0.6) is 0 Å². The largest absolute Gasteiger partial charge is 0.341 e. The number of hydrogen-bond acceptors (Lipinski definition) is 5. The standard InChI is InChI=1S/C12H23N5O3.ClH/c1-13-12(20)15-10(18)3-6-16(2)9-11(19)17-7-4-14-5-8-17;/h14H,3-9H2,1-2H3,(H2,13,15,18,20);1H. The van der Waals surface area contributed by atoms with Gasteiger partial charge in [-0.3, -0.25) is 19.8 Å². The van der Waals surface area contributed by atoms with E-state index < -0.39 is 6.03 Å². The van der Waals surface area contributed by atoms with Crippen LogP contribution in [0.2, 0.25) is 0 Å². The fraction of sp³-hybridized carbons (Fsp3) is 0.750. The molecule has 1 rings (SSSR count). The molecule has 1 saturated heterocycles. The van der Waals surface area contributed by atoms with Crippen molar-refractivity contribution < 1.29 is 14.4 Å². The van der Waals surface area contributed by atoms with Gasteiger partial charge >= 0.3 is 6.03 Å². The van der Waals surface area contributed by atoms with E-state index in [9.17, 15) is 14.4 Å². The molecule has 9 heteroatoms. The Labute approximate surface area is 131 Å². The maximum atomic E-state index is 12.0. The first-order valence-electron chi connectivity index (χ1n) is 6.71. The number of likely N-dealkylation sites (N-methyl/N-ethyl adjacent to an activating group) is 1. The van der Waals surface area contributed by atoms with Gasteiger partial charge in [-0.15, -0.1) is 12.4 Å². The average Bonchev–Trinajstić information content (AvgIpc) is 2.45. The van der Waals surface area contributed by atoms with Gasteiger partial charge in [-0.05, 0) is 7.05 Å². The molecule has 0 unspecified atom stereocenters. The molecule has 0 aromatic rings. The summed E-state index contributed by atoms with van der Waals surface area (Å²) in [7, 11) is 3.23. The van der Waals surface area contributed by atoms with E-state index in [0.29, 0.717) is 6.54 Å². The van der Waals surface area contributed by atoms with Crippen molar-refractivity contribution in [3.8, 4) is 0 Å². The molecule has 0 radical (unpaired) electrons. The fourth-order valence-electron chi connectivity index (χ4n) is 1.87. The average molecular weight is 322 g/mol. The summed E-state index contributed by atoms with van der Waals surface area (Å²) in [5, 5.41) is 7.68. The first-order chi connectivity index (χ1) is 9.52. The molecule has 122 valence electrons. The van der Waals surface area contributed by atoms with E-state index in [4.69, 9.17) is 0 Å². The van der Waals surface area contributed by atoms with E-state index in [2.05, 4.69) is 16.0 Å². The first kappa shape index (κ1) is 19.6. The molecule has 4 amide bonds. The monoisotopic (exact) mass is 321 g/mol. The Morgan fingerprint density at radius 1 is 1.24 bits per heavy atom. The number of imide groups is 1. The number of carbonyl (C=O) groups is 3. The molecular formula is C12H24ClN5O3. The number of nitrogens with zero attached hydrogens (tertiary/aromatic N) is 2. The zero-order chi connectivity index (χ0) is 15.0. The molecule has 3 N–H and O–H groups in total. The smallest absolute Gasteiger partial charge is 0.321 e. The van der Waals surface area contributed by atoms with Crippen LogP contribution >= 0.6 is 12.4 Å². The zero-order valence-corrected chi connectivity index (χ0v) is 13.3. The van der Waals surface area contributed by atoms with Crippen LogP contribution in [-0.2, 0) is 9.59 Å². The van der Waals surface area contributed by atoms with E-state index in [-0.39, 0.29) is 37.2 Å². The van der Waals surface area contributed by atoms with Gasteiger partial charge in [0.1, 0.15) is 0 Å². The molecule has 1 aliphatic rings. The Bertz CT molecular complexity index is 361. The topological polar surface area (TPSA) is 93.8 Å². The highest BCUT2D eigenvalue weighted by molar-refractivity contribution is 5.94. The number of piperazine rings is 1. The maximum absolute atomic E-state index is 12.0. The predicted molar refractivity (Wildman–Crippen MR) is 81.4 cm³/mol. The lowest BCUT2D eigenvalue weighted by atomic mass is 10.3. The summed E-state index contributed by atoms with van der Waals surface area (Å²) in [5.41, 5.74) is 0. The van der Waals surface area contributed by atoms with E-state index >= 15 is 0 Å². The van der Waals surface area contributed by atoms with Crippen molar-refractivity contribution in [2.45, 2.75) is 6.42 Å². The first-order valence-corrected chi connectivity index (χ1v) is 6.71. The van der Waals surface area contributed by atoms with Gasteiger partial charge in [-0.25, -0.2) is 4.79 Å². The van der Waals surface area contributed by atoms with Gasteiger partial charge in [0, 0.05) is 46.2 Å². The van der Waals surface area contributed by atoms with Gasteiger partial charge in [-0.1, -0.05) is 0 Å². The summed E-state index contributed by atoms with van der Waals surface area (Å²) in [4.78, 5) is 37.9. The van der Waals surface area contributed by atoms with Crippen LogP contribution in [0.1, 0.15) is 6.42 Å². The molecule has 0 bridgehead atoms. The van der Waals surface area contributed by atoms with Gasteiger partial charge in [0.2, 0.25) is 11.8 Å². The molecule has 1 fully saturated rings. The lowest BCUT2D eigenvalue weighted by molar-refractivity contribution is -0.133. The third-order valence-corrected chi connectivity index (χ3v) is 3.08. The third-order valence-electron chi connectivity index (χ3n) is 3.08. The van der Waals surface area contributed by atoms with Crippen LogP contribution in [-0.4, -0.2) is 81.0 Å². The van der Waals surface area contributed by atoms with Gasteiger partial charge in [0.15, 0.2) is 0 Å². The summed E-state index contributed by atoms with van der Waals surface area (Å²) in [5.74, 6) is -0.286. The lowest BCUT2D eigenvalue weighted by Crippen LogP contribution is -2.49. The highest BCUT2D eigenvalue weighted by Gasteiger charge is 2.17. The second-order valence-electron chi connectivity index (χ2n) is 4.75.